The third kappa shape index (κ3) is 2.78. The van der Waals surface area contributed by atoms with Crippen LogP contribution >= 0.6 is 0 Å². The van der Waals surface area contributed by atoms with Crippen LogP contribution in [0.5, 0.6) is 5.75 Å². The molecule has 3 rings (SSSR count). The number of ether oxygens (including phenoxy) is 1. The molecule has 0 aromatic heterocycles. The van der Waals surface area contributed by atoms with Gasteiger partial charge in [-0.15, -0.1) is 0 Å². The van der Waals surface area contributed by atoms with Crippen LogP contribution in [0.1, 0.15) is 19.8 Å². The van der Waals surface area contributed by atoms with Gasteiger partial charge in [-0.05, 0) is 30.5 Å². The zero-order valence-corrected chi connectivity index (χ0v) is 12.7. The number of para-hydroxylation sites is 2. The second kappa shape index (κ2) is 5.61. The molecule has 0 bridgehead atoms. The highest BCUT2D eigenvalue weighted by Gasteiger charge is 2.37. The van der Waals surface area contributed by atoms with Crippen molar-refractivity contribution in [2.75, 3.05) is 25.0 Å². The largest absolute Gasteiger partial charge is 0.478 e. The number of anilines is 1. The summed E-state index contributed by atoms with van der Waals surface area (Å²) in [7, 11) is 0. The van der Waals surface area contributed by atoms with Crippen molar-refractivity contribution in [1.29, 1.82) is 0 Å². The summed E-state index contributed by atoms with van der Waals surface area (Å²) >= 11 is 0. The Morgan fingerprint density at radius 1 is 1.50 bits per heavy atom. The van der Waals surface area contributed by atoms with E-state index in [0.29, 0.717) is 31.1 Å². The molecule has 0 radical (unpaired) electrons. The van der Waals surface area contributed by atoms with E-state index in [0.717, 1.165) is 6.42 Å². The number of rotatable bonds is 3. The van der Waals surface area contributed by atoms with E-state index in [-0.39, 0.29) is 23.7 Å². The van der Waals surface area contributed by atoms with Crippen molar-refractivity contribution in [3.8, 4) is 5.75 Å². The molecule has 118 valence electrons. The second-order valence-corrected chi connectivity index (χ2v) is 6.38. The van der Waals surface area contributed by atoms with E-state index in [1.807, 2.05) is 12.1 Å². The Hall–Kier alpha value is -2.08. The molecular weight excluding hydrogens is 282 g/mol. The number of nitrogens with two attached hydrogens (primary N) is 1. The molecule has 0 aliphatic carbocycles. The Bertz CT molecular complexity index is 604. The van der Waals surface area contributed by atoms with E-state index in [4.69, 9.17) is 10.5 Å². The zero-order chi connectivity index (χ0) is 15.7. The third-order valence-corrected chi connectivity index (χ3v) is 4.47. The molecule has 0 saturated carbocycles. The van der Waals surface area contributed by atoms with Crippen molar-refractivity contribution in [2.24, 2.45) is 11.1 Å². The standard InChI is InChI=1S/C16H21N3O3/c1-16(9-17)6-7-19(10-16)14(20)8-13-15(21)18-11-4-2-3-5-12(11)22-13/h2-5,13H,6-10,17H2,1H3,(H,18,21). The monoisotopic (exact) mass is 303 g/mol. The number of hydrogen-bond acceptors (Lipinski definition) is 4. The summed E-state index contributed by atoms with van der Waals surface area (Å²) in [5, 5.41) is 2.78. The fraction of sp³-hybridized carbons (Fsp3) is 0.500. The first kappa shape index (κ1) is 14.8. The number of benzene rings is 1. The smallest absolute Gasteiger partial charge is 0.266 e. The highest BCUT2D eigenvalue weighted by atomic mass is 16.5. The van der Waals surface area contributed by atoms with Crippen molar-refractivity contribution in [1.82, 2.24) is 4.90 Å². The molecule has 0 spiro atoms. The van der Waals surface area contributed by atoms with Gasteiger partial charge in [0.1, 0.15) is 5.75 Å². The van der Waals surface area contributed by atoms with Crippen LogP contribution in [0, 0.1) is 5.41 Å². The molecule has 2 heterocycles. The minimum Gasteiger partial charge on any atom is -0.478 e. The summed E-state index contributed by atoms with van der Waals surface area (Å²) < 4.78 is 5.67. The number of likely N-dealkylation sites (tertiary alicyclic amines) is 1. The summed E-state index contributed by atoms with van der Waals surface area (Å²) in [6.07, 6.45) is 0.184. The Kier molecular flexibility index (Phi) is 3.78. The van der Waals surface area contributed by atoms with Gasteiger partial charge in [-0.25, -0.2) is 0 Å². The van der Waals surface area contributed by atoms with Crippen LogP contribution in [0.2, 0.25) is 0 Å². The van der Waals surface area contributed by atoms with Crippen molar-refractivity contribution >= 4 is 17.5 Å². The van der Waals surface area contributed by atoms with Gasteiger partial charge in [-0.1, -0.05) is 19.1 Å². The highest BCUT2D eigenvalue weighted by Crippen LogP contribution is 2.31. The number of nitrogens with one attached hydrogen (secondary N) is 1. The normalized spacial score (nSPS) is 27.1. The lowest BCUT2D eigenvalue weighted by atomic mass is 9.90. The van der Waals surface area contributed by atoms with Crippen molar-refractivity contribution in [3.63, 3.8) is 0 Å². The average molecular weight is 303 g/mol. The van der Waals surface area contributed by atoms with Gasteiger partial charge in [0.05, 0.1) is 12.1 Å². The number of carbonyl (C=O) groups excluding carboxylic acids is 2. The van der Waals surface area contributed by atoms with E-state index >= 15 is 0 Å². The van der Waals surface area contributed by atoms with Gasteiger partial charge in [0.25, 0.3) is 5.91 Å². The summed E-state index contributed by atoms with van der Waals surface area (Å²) in [5.74, 6) is 0.276. The molecule has 2 aliphatic heterocycles. The number of hydrogen-bond donors (Lipinski definition) is 2. The molecule has 3 N–H and O–H groups in total. The van der Waals surface area contributed by atoms with E-state index in [1.54, 1.807) is 17.0 Å². The lowest BCUT2D eigenvalue weighted by Crippen LogP contribution is -2.42. The van der Waals surface area contributed by atoms with Crippen LogP contribution in [-0.4, -0.2) is 42.5 Å². The Morgan fingerprint density at radius 3 is 3.00 bits per heavy atom. The molecule has 2 aliphatic rings. The van der Waals surface area contributed by atoms with Crippen LogP contribution in [0.15, 0.2) is 24.3 Å². The molecule has 1 aromatic rings. The molecule has 1 fully saturated rings. The first-order valence-corrected chi connectivity index (χ1v) is 7.55. The van der Waals surface area contributed by atoms with Gasteiger partial charge < -0.3 is 20.7 Å². The van der Waals surface area contributed by atoms with Crippen LogP contribution in [0.25, 0.3) is 0 Å². The third-order valence-electron chi connectivity index (χ3n) is 4.47. The molecular formula is C16H21N3O3. The number of carbonyl (C=O) groups is 2. The fourth-order valence-electron chi connectivity index (χ4n) is 2.92. The number of fused-ring (bicyclic) bond motifs is 1. The van der Waals surface area contributed by atoms with Gasteiger partial charge in [0, 0.05) is 13.1 Å². The fourth-order valence-corrected chi connectivity index (χ4v) is 2.92. The van der Waals surface area contributed by atoms with Gasteiger partial charge in [-0.2, -0.15) is 0 Å². The first-order valence-electron chi connectivity index (χ1n) is 7.55. The van der Waals surface area contributed by atoms with Gasteiger partial charge in [-0.3, -0.25) is 9.59 Å². The average Bonchev–Trinajstić information content (AvgIpc) is 2.91. The SMILES string of the molecule is CC1(CN)CCN(C(=O)CC2Oc3ccccc3NC2=O)C1. The zero-order valence-electron chi connectivity index (χ0n) is 12.7. The lowest BCUT2D eigenvalue weighted by Gasteiger charge is -2.27. The lowest BCUT2D eigenvalue weighted by molar-refractivity contribution is -0.136. The van der Waals surface area contributed by atoms with Crippen LogP contribution in [-0.2, 0) is 9.59 Å². The predicted octanol–water partition coefficient (Wildman–Crippen LogP) is 0.973. The maximum Gasteiger partial charge on any atom is 0.266 e. The van der Waals surface area contributed by atoms with Gasteiger partial charge in [0.2, 0.25) is 5.91 Å². The molecule has 22 heavy (non-hydrogen) atoms. The molecule has 2 atom stereocenters. The Balaban J connectivity index is 1.64. The van der Waals surface area contributed by atoms with Crippen molar-refractivity contribution < 1.29 is 14.3 Å². The quantitative estimate of drug-likeness (QED) is 0.871. The van der Waals surface area contributed by atoms with Crippen LogP contribution < -0.4 is 15.8 Å². The summed E-state index contributed by atoms with van der Waals surface area (Å²) in [5.41, 5.74) is 6.39. The molecule has 2 amide bonds. The first-order chi connectivity index (χ1) is 10.5. The number of amides is 2. The van der Waals surface area contributed by atoms with Gasteiger partial charge in [0.15, 0.2) is 6.10 Å². The van der Waals surface area contributed by atoms with E-state index in [9.17, 15) is 9.59 Å². The minimum absolute atomic E-state index is 0.0159. The van der Waals surface area contributed by atoms with Crippen molar-refractivity contribution in [3.05, 3.63) is 24.3 Å². The van der Waals surface area contributed by atoms with Crippen molar-refractivity contribution in [2.45, 2.75) is 25.9 Å². The van der Waals surface area contributed by atoms with E-state index < -0.39 is 6.10 Å². The molecule has 6 heteroatoms. The summed E-state index contributed by atoms with van der Waals surface area (Å²) in [6, 6.07) is 7.22. The highest BCUT2D eigenvalue weighted by molar-refractivity contribution is 5.99. The topological polar surface area (TPSA) is 84.7 Å². The maximum absolute atomic E-state index is 12.4. The van der Waals surface area contributed by atoms with E-state index in [1.165, 1.54) is 0 Å². The maximum atomic E-state index is 12.4. The Morgan fingerprint density at radius 2 is 2.27 bits per heavy atom. The summed E-state index contributed by atoms with van der Waals surface area (Å²) in [6.45, 7) is 3.98. The second-order valence-electron chi connectivity index (χ2n) is 6.38. The van der Waals surface area contributed by atoms with Crippen LogP contribution in [0.3, 0.4) is 0 Å². The molecule has 1 aromatic carbocycles. The summed E-state index contributed by atoms with van der Waals surface area (Å²) in [4.78, 5) is 26.2. The Labute approximate surface area is 129 Å². The molecule has 2 unspecified atom stereocenters. The van der Waals surface area contributed by atoms with E-state index in [2.05, 4.69) is 12.2 Å². The number of nitrogens with zero attached hydrogens (tertiary/aromatic N) is 1. The predicted molar refractivity (Wildman–Crippen MR) is 82.5 cm³/mol. The van der Waals surface area contributed by atoms with Gasteiger partial charge >= 0.3 is 0 Å². The molecule has 1 saturated heterocycles. The molecule has 6 nitrogen and oxygen atoms in total. The minimum atomic E-state index is -0.771. The van der Waals surface area contributed by atoms with Crippen LogP contribution in [0.4, 0.5) is 5.69 Å².